The first-order valence-corrected chi connectivity index (χ1v) is 8.18. The van der Waals surface area contributed by atoms with Crippen LogP contribution in [0.5, 0.6) is 17.2 Å². The number of nitriles is 1. The second kappa shape index (κ2) is 8.11. The van der Waals surface area contributed by atoms with E-state index in [1.54, 1.807) is 18.2 Å². The Balaban J connectivity index is 2.07. The minimum Gasteiger partial charge on any atom is -0.481 e. The van der Waals surface area contributed by atoms with Gasteiger partial charge in [-0.15, -0.1) is 6.42 Å². The molecule has 1 aromatic heterocycles. The van der Waals surface area contributed by atoms with Crippen molar-refractivity contribution < 1.29 is 13.9 Å². The zero-order valence-corrected chi connectivity index (χ0v) is 15.1. The Morgan fingerprint density at radius 3 is 2.72 bits per heavy atom. The maximum atomic E-state index is 14.5. The quantitative estimate of drug-likeness (QED) is 0.614. The summed E-state index contributed by atoms with van der Waals surface area (Å²) in [7, 11) is 1.24. The molecule has 0 aliphatic rings. The van der Waals surface area contributed by atoms with Crippen LogP contribution in [0, 0.1) is 29.5 Å². The number of hydrogen-bond donors (Lipinski definition) is 0. The van der Waals surface area contributed by atoms with E-state index >= 15 is 0 Å². The van der Waals surface area contributed by atoms with Gasteiger partial charge in [0.15, 0.2) is 5.82 Å². The molecule has 0 radical (unpaired) electrons. The van der Waals surface area contributed by atoms with Gasteiger partial charge in [-0.3, -0.25) is 9.36 Å². The third-order valence-electron chi connectivity index (χ3n) is 3.84. The van der Waals surface area contributed by atoms with Gasteiger partial charge >= 0.3 is 5.69 Å². The number of ether oxygens (including phenoxy) is 2. The summed E-state index contributed by atoms with van der Waals surface area (Å²) in [6, 6.07) is 10.4. The molecular weight excluding hydrogens is 379 g/mol. The van der Waals surface area contributed by atoms with E-state index in [-0.39, 0.29) is 23.6 Å². The standard InChI is InChI=1S/C20H13FN4O4/c1-3-7-28-14-5-4-6-15(9-14)29-18-10-17(16(21)8-13(18)11-22)25-20(27)24(2)19(26)12-23-25/h1,4-6,8-10,12H,7H2,2H3. The van der Waals surface area contributed by atoms with Gasteiger partial charge in [-0.05, 0) is 18.2 Å². The molecule has 0 N–H and O–H groups in total. The summed E-state index contributed by atoms with van der Waals surface area (Å²) in [6.07, 6.45) is 6.04. The van der Waals surface area contributed by atoms with Gasteiger partial charge in [-0.2, -0.15) is 15.0 Å². The van der Waals surface area contributed by atoms with Crippen molar-refractivity contribution >= 4 is 0 Å². The lowest BCUT2D eigenvalue weighted by Gasteiger charge is -2.12. The van der Waals surface area contributed by atoms with Crippen LogP contribution in [0.15, 0.2) is 52.2 Å². The Kier molecular flexibility index (Phi) is 5.42. The first-order valence-electron chi connectivity index (χ1n) is 8.18. The summed E-state index contributed by atoms with van der Waals surface area (Å²) in [6.45, 7) is 0.0644. The maximum absolute atomic E-state index is 14.5. The van der Waals surface area contributed by atoms with Crippen LogP contribution in [0.4, 0.5) is 4.39 Å². The number of hydrogen-bond acceptors (Lipinski definition) is 6. The summed E-state index contributed by atoms with van der Waals surface area (Å²) in [5.41, 5.74) is -1.87. The first kappa shape index (κ1) is 19.4. The van der Waals surface area contributed by atoms with Gasteiger partial charge in [0.25, 0.3) is 5.56 Å². The Hall–Kier alpha value is -4.37. The molecule has 29 heavy (non-hydrogen) atoms. The van der Waals surface area contributed by atoms with Gasteiger partial charge in [-0.1, -0.05) is 12.0 Å². The Morgan fingerprint density at radius 1 is 1.24 bits per heavy atom. The topological polar surface area (TPSA) is 99.1 Å². The highest BCUT2D eigenvalue weighted by molar-refractivity contribution is 5.52. The predicted molar refractivity (Wildman–Crippen MR) is 101 cm³/mol. The van der Waals surface area contributed by atoms with Crippen LogP contribution in [-0.4, -0.2) is 21.0 Å². The van der Waals surface area contributed by atoms with Crippen molar-refractivity contribution in [3.05, 3.63) is 74.8 Å². The second-order valence-corrected chi connectivity index (χ2v) is 5.72. The molecule has 144 valence electrons. The molecule has 3 rings (SSSR count). The van der Waals surface area contributed by atoms with Crippen LogP contribution in [-0.2, 0) is 7.05 Å². The van der Waals surface area contributed by atoms with E-state index < -0.39 is 17.1 Å². The van der Waals surface area contributed by atoms with Crippen LogP contribution in [0.25, 0.3) is 5.69 Å². The molecule has 0 atom stereocenters. The first-order chi connectivity index (χ1) is 13.9. The fraction of sp³-hybridized carbons (Fsp3) is 0.100. The second-order valence-electron chi connectivity index (χ2n) is 5.72. The molecule has 0 spiro atoms. The van der Waals surface area contributed by atoms with Crippen LogP contribution in [0.3, 0.4) is 0 Å². The molecule has 0 aliphatic carbocycles. The smallest absolute Gasteiger partial charge is 0.352 e. The lowest BCUT2D eigenvalue weighted by Crippen LogP contribution is -2.38. The van der Waals surface area contributed by atoms with E-state index in [4.69, 9.17) is 15.9 Å². The molecule has 8 nitrogen and oxygen atoms in total. The number of halogens is 1. The third kappa shape index (κ3) is 3.99. The number of benzene rings is 2. The summed E-state index contributed by atoms with van der Waals surface area (Å²) >= 11 is 0. The van der Waals surface area contributed by atoms with Crippen molar-refractivity contribution in [3.63, 3.8) is 0 Å². The zero-order valence-electron chi connectivity index (χ0n) is 15.1. The molecule has 0 unspecified atom stereocenters. The lowest BCUT2D eigenvalue weighted by atomic mass is 10.2. The van der Waals surface area contributed by atoms with Crippen molar-refractivity contribution in [3.8, 4) is 41.3 Å². The molecule has 9 heteroatoms. The molecule has 0 amide bonds. The third-order valence-corrected chi connectivity index (χ3v) is 3.84. The predicted octanol–water partition coefficient (Wildman–Crippen LogP) is 1.75. The van der Waals surface area contributed by atoms with E-state index in [0.717, 1.165) is 22.9 Å². The van der Waals surface area contributed by atoms with Gasteiger partial charge in [-0.25, -0.2) is 9.18 Å². The van der Waals surface area contributed by atoms with E-state index in [0.29, 0.717) is 16.2 Å². The van der Waals surface area contributed by atoms with Crippen molar-refractivity contribution in [2.24, 2.45) is 7.05 Å². The molecule has 1 heterocycles. The highest BCUT2D eigenvalue weighted by atomic mass is 19.1. The minimum absolute atomic E-state index is 0.0134. The van der Waals surface area contributed by atoms with E-state index in [1.165, 1.54) is 13.1 Å². The molecule has 0 fully saturated rings. The Morgan fingerprint density at radius 2 is 2.00 bits per heavy atom. The molecular formula is C20H13FN4O4. The van der Waals surface area contributed by atoms with E-state index in [1.807, 2.05) is 6.07 Å². The van der Waals surface area contributed by atoms with Crippen molar-refractivity contribution in [1.29, 1.82) is 5.26 Å². The average molecular weight is 392 g/mol. The largest absolute Gasteiger partial charge is 0.481 e. The van der Waals surface area contributed by atoms with Gasteiger partial charge < -0.3 is 9.47 Å². The SMILES string of the molecule is C#CCOc1cccc(Oc2cc(-n3ncc(=O)n(C)c3=O)c(F)cc2C#N)c1. The van der Waals surface area contributed by atoms with E-state index in [2.05, 4.69) is 11.0 Å². The number of rotatable bonds is 5. The fourth-order valence-corrected chi connectivity index (χ4v) is 2.40. The minimum atomic E-state index is -0.881. The van der Waals surface area contributed by atoms with Crippen LogP contribution in [0.2, 0.25) is 0 Å². The average Bonchev–Trinajstić information content (AvgIpc) is 2.72. The number of terminal acetylenes is 1. The number of aromatic nitrogens is 3. The molecule has 0 saturated carbocycles. The normalized spacial score (nSPS) is 10.1. The van der Waals surface area contributed by atoms with Crippen molar-refractivity contribution in [1.82, 2.24) is 14.3 Å². The Bertz CT molecular complexity index is 1280. The zero-order chi connectivity index (χ0) is 21.0. The molecule has 0 aliphatic heterocycles. The van der Waals surface area contributed by atoms with Gasteiger partial charge in [0.05, 0.1) is 5.56 Å². The summed E-state index contributed by atoms with van der Waals surface area (Å²) in [5.74, 6) is 2.19. The highest BCUT2D eigenvalue weighted by Gasteiger charge is 2.16. The summed E-state index contributed by atoms with van der Waals surface area (Å²) in [4.78, 5) is 23.8. The number of nitrogens with zero attached hydrogens (tertiary/aromatic N) is 4. The summed E-state index contributed by atoms with van der Waals surface area (Å²) < 4.78 is 27.0. The molecule has 2 aromatic carbocycles. The van der Waals surface area contributed by atoms with Gasteiger partial charge in [0, 0.05) is 19.2 Å². The maximum Gasteiger partial charge on any atom is 0.352 e. The Labute approximate surface area is 164 Å². The van der Waals surface area contributed by atoms with E-state index in [9.17, 15) is 19.2 Å². The van der Waals surface area contributed by atoms with Crippen LogP contribution < -0.4 is 20.7 Å². The molecule has 3 aromatic rings. The van der Waals surface area contributed by atoms with Crippen LogP contribution in [0.1, 0.15) is 5.56 Å². The molecule has 0 bridgehead atoms. The van der Waals surface area contributed by atoms with Crippen molar-refractivity contribution in [2.45, 2.75) is 0 Å². The fourth-order valence-electron chi connectivity index (χ4n) is 2.40. The highest BCUT2D eigenvalue weighted by Crippen LogP contribution is 2.30. The lowest BCUT2D eigenvalue weighted by molar-refractivity contribution is 0.367. The van der Waals surface area contributed by atoms with Crippen LogP contribution >= 0.6 is 0 Å². The van der Waals surface area contributed by atoms with Gasteiger partial charge in [0.2, 0.25) is 0 Å². The van der Waals surface area contributed by atoms with Crippen molar-refractivity contribution in [2.75, 3.05) is 6.61 Å². The monoisotopic (exact) mass is 392 g/mol. The molecule has 0 saturated heterocycles. The van der Waals surface area contributed by atoms with Gasteiger partial charge in [0.1, 0.15) is 41.8 Å². The summed E-state index contributed by atoms with van der Waals surface area (Å²) in [5, 5.41) is 13.0.